The van der Waals surface area contributed by atoms with E-state index in [4.69, 9.17) is 0 Å². The summed E-state index contributed by atoms with van der Waals surface area (Å²) in [6, 6.07) is 9.26. The van der Waals surface area contributed by atoms with Gasteiger partial charge in [-0.2, -0.15) is 0 Å². The van der Waals surface area contributed by atoms with Crippen molar-refractivity contribution in [1.29, 1.82) is 0 Å². The van der Waals surface area contributed by atoms with E-state index in [1.807, 2.05) is 18.9 Å². The van der Waals surface area contributed by atoms with Gasteiger partial charge in [0.05, 0.1) is 10.9 Å². The Labute approximate surface area is 169 Å². The lowest BCUT2D eigenvalue weighted by molar-refractivity contribution is 0.0955. The van der Waals surface area contributed by atoms with E-state index < -0.39 is 21.5 Å². The zero-order valence-corrected chi connectivity index (χ0v) is 17.2. The molecule has 0 aromatic heterocycles. The summed E-state index contributed by atoms with van der Waals surface area (Å²) in [6.07, 6.45) is 1.03. The van der Waals surface area contributed by atoms with Gasteiger partial charge in [-0.25, -0.2) is 17.2 Å². The fourth-order valence-corrected chi connectivity index (χ4v) is 4.85. The molecule has 0 spiro atoms. The number of likely N-dealkylation sites (tertiary alicyclic amines) is 1. The van der Waals surface area contributed by atoms with Crippen molar-refractivity contribution in [1.82, 2.24) is 10.2 Å². The lowest BCUT2D eigenvalue weighted by Gasteiger charge is -2.42. The molecule has 1 unspecified atom stereocenters. The Morgan fingerprint density at radius 1 is 1.10 bits per heavy atom. The van der Waals surface area contributed by atoms with Crippen molar-refractivity contribution in [2.24, 2.45) is 0 Å². The standard InChI is InChI=1S/C21H22F2N2O3S/c1-4-24-21(26)14-7-5-13(6-8-14)19-18(12-25(19)2)20(29(3,27)28)15-9-16(22)11-17(23)10-15/h5-11,19H,4,12H2,1-3H3,(H,24,26). The molecule has 3 rings (SSSR count). The van der Waals surface area contributed by atoms with E-state index in [1.54, 1.807) is 24.3 Å². The molecule has 1 saturated heterocycles. The molecule has 0 radical (unpaired) electrons. The van der Waals surface area contributed by atoms with Crippen molar-refractivity contribution in [2.75, 3.05) is 26.4 Å². The van der Waals surface area contributed by atoms with Crippen molar-refractivity contribution in [3.8, 4) is 0 Å². The van der Waals surface area contributed by atoms with Crippen LogP contribution in [0.2, 0.25) is 0 Å². The van der Waals surface area contributed by atoms with Crippen molar-refractivity contribution < 1.29 is 22.0 Å². The highest BCUT2D eigenvalue weighted by Crippen LogP contribution is 2.43. The summed E-state index contributed by atoms with van der Waals surface area (Å²) < 4.78 is 52.5. The molecular weight excluding hydrogens is 398 g/mol. The molecule has 1 aliphatic heterocycles. The van der Waals surface area contributed by atoms with Gasteiger partial charge in [-0.3, -0.25) is 9.69 Å². The summed E-state index contributed by atoms with van der Waals surface area (Å²) in [7, 11) is -1.92. The summed E-state index contributed by atoms with van der Waals surface area (Å²) in [5.74, 6) is -1.86. The van der Waals surface area contributed by atoms with Gasteiger partial charge in [-0.15, -0.1) is 0 Å². The lowest BCUT2D eigenvalue weighted by Crippen LogP contribution is -2.41. The first-order valence-electron chi connectivity index (χ1n) is 9.09. The molecule has 1 heterocycles. The topological polar surface area (TPSA) is 66.5 Å². The average molecular weight is 420 g/mol. The van der Waals surface area contributed by atoms with Gasteiger partial charge >= 0.3 is 0 Å². The summed E-state index contributed by atoms with van der Waals surface area (Å²) >= 11 is 0. The van der Waals surface area contributed by atoms with Crippen LogP contribution in [0.5, 0.6) is 0 Å². The Bertz CT molecular complexity index is 1060. The van der Waals surface area contributed by atoms with Crippen molar-refractivity contribution >= 4 is 20.6 Å². The van der Waals surface area contributed by atoms with Gasteiger partial charge in [-0.1, -0.05) is 12.1 Å². The van der Waals surface area contributed by atoms with E-state index in [0.717, 1.165) is 24.0 Å². The zero-order chi connectivity index (χ0) is 21.3. The second kappa shape index (κ2) is 8.04. The molecule has 0 saturated carbocycles. The largest absolute Gasteiger partial charge is 0.352 e. The molecule has 1 atom stereocenters. The number of hydrogen-bond donors (Lipinski definition) is 1. The zero-order valence-electron chi connectivity index (χ0n) is 16.4. The molecule has 5 nitrogen and oxygen atoms in total. The molecule has 0 aliphatic carbocycles. The predicted molar refractivity (Wildman–Crippen MR) is 108 cm³/mol. The number of hydrogen-bond acceptors (Lipinski definition) is 4. The Balaban J connectivity index is 2.07. The van der Waals surface area contributed by atoms with E-state index in [1.165, 1.54) is 0 Å². The number of halogens is 2. The van der Waals surface area contributed by atoms with Crippen LogP contribution in [0, 0.1) is 11.6 Å². The Hall–Kier alpha value is -2.58. The predicted octanol–water partition coefficient (Wildman–Crippen LogP) is 3.16. The highest BCUT2D eigenvalue weighted by molar-refractivity contribution is 8.00. The van der Waals surface area contributed by atoms with Gasteiger partial charge in [0.25, 0.3) is 5.91 Å². The third-order valence-corrected chi connectivity index (χ3v) is 6.04. The fourth-order valence-electron chi connectivity index (χ4n) is 3.65. The molecule has 0 bridgehead atoms. The number of likely N-dealkylation sites (N-methyl/N-ethyl adjacent to an activating group) is 1. The number of benzene rings is 2. The van der Waals surface area contributed by atoms with Crippen molar-refractivity contribution in [3.05, 3.63) is 76.4 Å². The quantitative estimate of drug-likeness (QED) is 0.807. The van der Waals surface area contributed by atoms with E-state index >= 15 is 0 Å². The molecule has 1 aliphatic rings. The molecule has 1 N–H and O–H groups in total. The van der Waals surface area contributed by atoms with Gasteiger partial charge in [0.15, 0.2) is 9.84 Å². The molecule has 154 valence electrons. The van der Waals surface area contributed by atoms with Gasteiger partial charge in [0.2, 0.25) is 0 Å². The van der Waals surface area contributed by atoms with E-state index in [2.05, 4.69) is 5.32 Å². The third kappa shape index (κ3) is 4.38. The number of rotatable bonds is 5. The Kier molecular flexibility index (Phi) is 5.86. The fraction of sp³-hybridized carbons (Fsp3) is 0.286. The van der Waals surface area contributed by atoms with Crippen LogP contribution in [0.1, 0.15) is 34.5 Å². The number of nitrogens with one attached hydrogen (secondary N) is 1. The maximum atomic E-state index is 13.7. The van der Waals surface area contributed by atoms with Crippen LogP contribution >= 0.6 is 0 Å². The summed E-state index contributed by atoms with van der Waals surface area (Å²) in [6.45, 7) is 2.69. The van der Waals surface area contributed by atoms with Crippen LogP contribution in [0.25, 0.3) is 4.91 Å². The first kappa shape index (κ1) is 21.1. The van der Waals surface area contributed by atoms with Gasteiger partial charge < -0.3 is 5.32 Å². The second-order valence-electron chi connectivity index (χ2n) is 7.08. The SMILES string of the molecule is CCNC(=O)c1ccc(C2C(=C(c3cc(F)cc(F)c3)S(C)(=O)=O)CN2C)cc1. The number of carbonyl (C=O) groups is 1. The molecule has 1 amide bonds. The van der Waals surface area contributed by atoms with Crippen LogP contribution in [0.15, 0.2) is 48.0 Å². The first-order valence-corrected chi connectivity index (χ1v) is 11.0. The molecule has 8 heteroatoms. The first-order chi connectivity index (χ1) is 13.6. The molecule has 29 heavy (non-hydrogen) atoms. The summed E-state index contributed by atoms with van der Waals surface area (Å²) in [4.78, 5) is 13.8. The minimum atomic E-state index is -3.75. The monoisotopic (exact) mass is 420 g/mol. The van der Waals surface area contributed by atoms with Crippen LogP contribution in [-0.4, -0.2) is 45.6 Å². The Morgan fingerprint density at radius 3 is 2.17 bits per heavy atom. The maximum Gasteiger partial charge on any atom is 0.251 e. The number of carbonyl (C=O) groups excluding carboxylic acids is 1. The smallest absolute Gasteiger partial charge is 0.251 e. The van der Waals surface area contributed by atoms with Crippen LogP contribution in [-0.2, 0) is 9.84 Å². The second-order valence-corrected chi connectivity index (χ2v) is 9.04. The number of sulfone groups is 1. The summed E-state index contributed by atoms with van der Waals surface area (Å²) in [5, 5.41) is 2.72. The minimum absolute atomic E-state index is 0.00274. The third-order valence-electron chi connectivity index (χ3n) is 4.80. The highest BCUT2D eigenvalue weighted by atomic mass is 32.2. The van der Waals surface area contributed by atoms with Crippen molar-refractivity contribution in [3.63, 3.8) is 0 Å². The lowest BCUT2D eigenvalue weighted by atomic mass is 9.87. The minimum Gasteiger partial charge on any atom is -0.352 e. The highest BCUT2D eigenvalue weighted by Gasteiger charge is 2.37. The van der Waals surface area contributed by atoms with Gasteiger partial charge in [0.1, 0.15) is 11.6 Å². The van der Waals surface area contributed by atoms with E-state index in [0.29, 0.717) is 30.3 Å². The molecule has 2 aromatic rings. The normalized spacial score (nSPS) is 18.9. The molecule has 2 aromatic carbocycles. The summed E-state index contributed by atoms with van der Waals surface area (Å²) in [5.41, 5.74) is 1.85. The van der Waals surface area contributed by atoms with Crippen LogP contribution < -0.4 is 5.32 Å². The Morgan fingerprint density at radius 2 is 1.69 bits per heavy atom. The molecular formula is C21H22F2N2O3S. The molecule has 1 fully saturated rings. The number of amides is 1. The average Bonchev–Trinajstić information content (AvgIpc) is 2.60. The van der Waals surface area contributed by atoms with Gasteiger partial charge in [-0.05, 0) is 54.9 Å². The maximum absolute atomic E-state index is 13.7. The van der Waals surface area contributed by atoms with Crippen LogP contribution in [0.4, 0.5) is 8.78 Å². The van der Waals surface area contributed by atoms with Gasteiger partial charge in [0, 0.05) is 31.0 Å². The van der Waals surface area contributed by atoms with Crippen molar-refractivity contribution in [2.45, 2.75) is 13.0 Å². The van der Waals surface area contributed by atoms with E-state index in [9.17, 15) is 22.0 Å². The number of nitrogens with zero attached hydrogens (tertiary/aromatic N) is 1. The van der Waals surface area contributed by atoms with E-state index in [-0.39, 0.29) is 22.4 Å². The van der Waals surface area contributed by atoms with Crippen LogP contribution in [0.3, 0.4) is 0 Å².